The Balaban J connectivity index is 1.28. The Morgan fingerprint density at radius 3 is 2.57 bits per heavy atom. The first-order valence-corrected chi connectivity index (χ1v) is 11.4. The van der Waals surface area contributed by atoms with Crippen molar-refractivity contribution in [1.82, 2.24) is 10.3 Å². The number of aromatic nitrogens is 1. The van der Waals surface area contributed by atoms with Crippen molar-refractivity contribution in [3.8, 4) is 22.8 Å². The summed E-state index contributed by atoms with van der Waals surface area (Å²) in [6.45, 7) is 0. The number of hydrogen-bond acceptors (Lipinski definition) is 5. The van der Waals surface area contributed by atoms with Gasteiger partial charge >= 0.3 is 0 Å². The number of rotatable bonds is 4. The summed E-state index contributed by atoms with van der Waals surface area (Å²) in [5.41, 5.74) is 2.36. The third kappa shape index (κ3) is 4.77. The van der Waals surface area contributed by atoms with E-state index < -0.39 is 11.7 Å². The summed E-state index contributed by atoms with van der Waals surface area (Å²) in [5.74, 6) is -0.374. The minimum absolute atomic E-state index is 0.0432. The molecule has 0 fully saturated rings. The Morgan fingerprint density at radius 1 is 0.943 bits per heavy atom. The van der Waals surface area contributed by atoms with Crippen molar-refractivity contribution in [2.24, 2.45) is 0 Å². The second kappa shape index (κ2) is 9.50. The van der Waals surface area contributed by atoms with Crippen LogP contribution in [0.1, 0.15) is 10.6 Å². The van der Waals surface area contributed by atoms with Crippen molar-refractivity contribution < 1.29 is 18.0 Å². The van der Waals surface area contributed by atoms with Gasteiger partial charge in [-0.1, -0.05) is 41.4 Å². The van der Waals surface area contributed by atoms with Gasteiger partial charge in [0.2, 0.25) is 5.89 Å². The molecule has 3 aromatic carbocycles. The third-order valence-corrected chi connectivity index (χ3v) is 6.05. The molecule has 0 aliphatic rings. The van der Waals surface area contributed by atoms with Crippen LogP contribution in [0, 0.1) is 5.82 Å². The summed E-state index contributed by atoms with van der Waals surface area (Å²) in [4.78, 5) is 16.9. The average molecular weight is 526 g/mol. The van der Waals surface area contributed by atoms with Gasteiger partial charge in [-0.15, -0.1) is 0 Å². The van der Waals surface area contributed by atoms with Crippen LogP contribution in [-0.2, 0) is 0 Å². The van der Waals surface area contributed by atoms with Gasteiger partial charge in [-0.3, -0.25) is 10.1 Å². The Hall–Kier alpha value is -3.72. The molecule has 0 atom stereocenters. The number of oxazole rings is 1. The molecule has 0 bridgehead atoms. The van der Waals surface area contributed by atoms with Gasteiger partial charge in [-0.2, -0.15) is 0 Å². The van der Waals surface area contributed by atoms with Gasteiger partial charge in [-0.05, 0) is 66.8 Å². The average Bonchev–Trinajstić information content (AvgIpc) is 3.48. The largest absolute Gasteiger partial charge is 0.451 e. The van der Waals surface area contributed by atoms with Crippen molar-refractivity contribution >= 4 is 63.2 Å². The molecule has 174 valence electrons. The van der Waals surface area contributed by atoms with Gasteiger partial charge in [0.25, 0.3) is 5.91 Å². The minimum atomic E-state index is -0.545. The topological polar surface area (TPSA) is 80.3 Å². The summed E-state index contributed by atoms with van der Waals surface area (Å²) in [7, 11) is 0. The van der Waals surface area contributed by atoms with E-state index in [4.69, 9.17) is 44.3 Å². The second-order valence-electron chi connectivity index (χ2n) is 7.35. The van der Waals surface area contributed by atoms with Gasteiger partial charge in [0.05, 0.1) is 15.6 Å². The summed E-state index contributed by atoms with van der Waals surface area (Å²) < 4.78 is 25.4. The maximum absolute atomic E-state index is 14.1. The van der Waals surface area contributed by atoms with E-state index in [9.17, 15) is 9.18 Å². The normalized spacial score (nSPS) is 10.9. The third-order valence-electron chi connectivity index (χ3n) is 5.02. The fourth-order valence-electron chi connectivity index (χ4n) is 3.38. The SMILES string of the molecule is O=C(NC(=S)Nc1ccc2oc(-c3ccccc3F)nc2c1)c1ccc(-c2cccc(Cl)c2Cl)o1. The van der Waals surface area contributed by atoms with E-state index in [1.165, 1.54) is 12.1 Å². The van der Waals surface area contributed by atoms with Gasteiger partial charge < -0.3 is 14.2 Å². The number of nitrogens with one attached hydrogen (secondary N) is 2. The smallest absolute Gasteiger partial charge is 0.293 e. The number of hydrogen-bond donors (Lipinski definition) is 2. The molecular weight excluding hydrogens is 512 g/mol. The van der Waals surface area contributed by atoms with Gasteiger partial charge in [0, 0.05) is 11.3 Å². The fraction of sp³-hybridized carbons (Fsp3) is 0. The predicted octanol–water partition coefficient (Wildman–Crippen LogP) is 7.33. The number of thiocarbonyl (C=S) groups is 1. The van der Waals surface area contributed by atoms with E-state index in [-0.39, 0.29) is 22.3 Å². The first-order valence-electron chi connectivity index (χ1n) is 10.2. The zero-order chi connectivity index (χ0) is 24.5. The molecule has 0 radical (unpaired) electrons. The van der Waals surface area contributed by atoms with E-state index in [0.29, 0.717) is 38.2 Å². The number of furan rings is 1. The number of fused-ring (bicyclic) bond motifs is 1. The van der Waals surface area contributed by atoms with E-state index in [1.54, 1.807) is 60.7 Å². The maximum Gasteiger partial charge on any atom is 0.293 e. The number of carbonyl (C=O) groups excluding carboxylic acids is 1. The lowest BCUT2D eigenvalue weighted by Gasteiger charge is -2.08. The van der Waals surface area contributed by atoms with Crippen molar-refractivity contribution in [2.45, 2.75) is 0 Å². The molecule has 0 aliphatic heterocycles. The first kappa shape index (κ1) is 23.0. The number of amides is 1. The maximum atomic E-state index is 14.1. The van der Waals surface area contributed by atoms with E-state index in [0.717, 1.165) is 0 Å². The Kier molecular flexibility index (Phi) is 6.25. The van der Waals surface area contributed by atoms with Crippen molar-refractivity contribution in [1.29, 1.82) is 0 Å². The molecule has 5 rings (SSSR count). The summed E-state index contributed by atoms with van der Waals surface area (Å²) >= 11 is 17.5. The highest BCUT2D eigenvalue weighted by Crippen LogP contribution is 2.34. The minimum Gasteiger partial charge on any atom is -0.451 e. The van der Waals surface area contributed by atoms with E-state index in [1.807, 2.05) is 0 Å². The molecule has 0 aliphatic carbocycles. The molecule has 2 aromatic heterocycles. The van der Waals surface area contributed by atoms with Crippen LogP contribution in [0.2, 0.25) is 10.0 Å². The van der Waals surface area contributed by atoms with Crippen LogP contribution >= 0.6 is 35.4 Å². The monoisotopic (exact) mass is 525 g/mol. The van der Waals surface area contributed by atoms with Crippen LogP contribution < -0.4 is 10.6 Å². The van der Waals surface area contributed by atoms with Crippen LogP contribution in [0.5, 0.6) is 0 Å². The summed E-state index contributed by atoms with van der Waals surface area (Å²) in [6.07, 6.45) is 0. The molecule has 0 saturated heterocycles. The van der Waals surface area contributed by atoms with Crippen LogP contribution in [-0.4, -0.2) is 16.0 Å². The molecular formula is C25H14Cl2FN3O3S. The summed E-state index contributed by atoms with van der Waals surface area (Å²) in [5, 5.41) is 6.22. The molecule has 35 heavy (non-hydrogen) atoms. The number of anilines is 1. The molecule has 0 unspecified atom stereocenters. The molecule has 2 heterocycles. The number of carbonyl (C=O) groups is 1. The lowest BCUT2D eigenvalue weighted by atomic mass is 10.2. The van der Waals surface area contributed by atoms with Crippen LogP contribution in [0.25, 0.3) is 33.9 Å². The zero-order valence-corrected chi connectivity index (χ0v) is 20.0. The van der Waals surface area contributed by atoms with Crippen molar-refractivity contribution in [3.63, 3.8) is 0 Å². The first-order chi connectivity index (χ1) is 16.9. The highest BCUT2D eigenvalue weighted by molar-refractivity contribution is 7.80. The lowest BCUT2D eigenvalue weighted by Crippen LogP contribution is -2.33. The van der Waals surface area contributed by atoms with Gasteiger partial charge in [0.15, 0.2) is 16.5 Å². The van der Waals surface area contributed by atoms with E-state index in [2.05, 4.69) is 15.6 Å². The molecule has 6 nitrogen and oxygen atoms in total. The standard InChI is InChI=1S/C25H14Cl2FN3O3S/c26-16-6-3-5-15(22(16)27)19-10-11-21(33-19)23(32)31-25(35)29-13-8-9-20-18(12-13)30-24(34-20)14-4-1-2-7-17(14)28/h1-12H,(H2,29,31,32,35). The van der Waals surface area contributed by atoms with E-state index >= 15 is 0 Å². The Morgan fingerprint density at radius 2 is 1.74 bits per heavy atom. The highest BCUT2D eigenvalue weighted by atomic mass is 35.5. The van der Waals surface area contributed by atoms with Crippen molar-refractivity contribution in [2.75, 3.05) is 5.32 Å². The van der Waals surface area contributed by atoms with Crippen LogP contribution in [0.3, 0.4) is 0 Å². The second-order valence-corrected chi connectivity index (χ2v) is 8.55. The lowest BCUT2D eigenvalue weighted by molar-refractivity contribution is 0.0951. The molecule has 5 aromatic rings. The quantitative estimate of drug-likeness (QED) is 0.239. The highest BCUT2D eigenvalue weighted by Gasteiger charge is 2.17. The molecule has 0 saturated carbocycles. The number of halogens is 3. The van der Waals surface area contributed by atoms with Crippen molar-refractivity contribution in [3.05, 3.63) is 94.4 Å². The fourth-order valence-corrected chi connectivity index (χ4v) is 3.99. The number of nitrogens with zero attached hydrogens (tertiary/aromatic N) is 1. The van der Waals surface area contributed by atoms with Gasteiger partial charge in [-0.25, -0.2) is 9.37 Å². The number of benzene rings is 3. The predicted molar refractivity (Wildman–Crippen MR) is 137 cm³/mol. The molecule has 1 amide bonds. The van der Waals surface area contributed by atoms with Crippen LogP contribution in [0.15, 0.2) is 81.6 Å². The molecule has 2 N–H and O–H groups in total. The van der Waals surface area contributed by atoms with Crippen LogP contribution in [0.4, 0.5) is 10.1 Å². The molecule has 10 heteroatoms. The Labute approximate surface area is 213 Å². The molecule has 0 spiro atoms. The zero-order valence-electron chi connectivity index (χ0n) is 17.6. The Bertz CT molecular complexity index is 1600. The van der Waals surface area contributed by atoms with Gasteiger partial charge in [0.1, 0.15) is 17.1 Å². The summed E-state index contributed by atoms with van der Waals surface area (Å²) in [6, 6.07) is 19.5.